The molecule has 300 valence electrons. The van der Waals surface area contributed by atoms with Crippen LogP contribution in [-0.2, 0) is 61.9 Å². The van der Waals surface area contributed by atoms with Gasteiger partial charge in [0.1, 0.15) is 79.4 Å². The maximum Gasteiger partial charge on any atom is 0.328 e. The molecule has 0 radical (unpaired) electrons. The van der Waals surface area contributed by atoms with Gasteiger partial charge in [-0.15, -0.1) is 5.48 Å². The van der Waals surface area contributed by atoms with Gasteiger partial charge in [0, 0.05) is 0 Å². The Hall–Kier alpha value is -1.90. The average molecular weight is 773 g/mol. The van der Waals surface area contributed by atoms with Crippen molar-refractivity contribution in [3.05, 3.63) is 0 Å². The fourth-order valence-corrected chi connectivity index (χ4v) is 8.20. The Bertz CT molecular complexity index is 1430. The summed E-state index contributed by atoms with van der Waals surface area (Å²) < 4.78 is 51.5. The second kappa shape index (κ2) is 13.4. The number of hydroxylamine groups is 2. The van der Waals surface area contributed by atoms with E-state index in [2.05, 4.69) is 5.48 Å². The summed E-state index contributed by atoms with van der Waals surface area (Å²) in [4.78, 5) is 34.2. The van der Waals surface area contributed by atoms with E-state index in [9.17, 15) is 60.7 Å². The number of hydrogen-bond acceptors (Lipinski definition) is 25. The molecule has 0 aromatic heterocycles. The predicted octanol–water partition coefficient (Wildman–Crippen LogP) is -9.36. The van der Waals surface area contributed by atoms with Crippen LogP contribution in [0.4, 0.5) is 0 Å². The molecular formula is C28H40N2O23. The maximum absolute atomic E-state index is 12.5. The lowest BCUT2D eigenvalue weighted by molar-refractivity contribution is -0.507. The summed E-state index contributed by atoms with van der Waals surface area (Å²) in [5.41, 5.74) is -5.17. The lowest BCUT2D eigenvalue weighted by Crippen LogP contribution is -2.93. The second-order valence-corrected chi connectivity index (χ2v) is 14.1. The zero-order chi connectivity index (χ0) is 37.8. The predicted molar refractivity (Wildman–Crippen MR) is 151 cm³/mol. The van der Waals surface area contributed by atoms with Gasteiger partial charge in [0.05, 0.1) is 39.3 Å². The molecule has 25 nitrogen and oxygen atoms in total. The van der Waals surface area contributed by atoms with Gasteiger partial charge in [0.25, 0.3) is 5.91 Å². The number of nitrogens with one attached hydrogen (secondary N) is 2. The summed E-state index contributed by atoms with van der Waals surface area (Å²) in [6, 6.07) is 0. The topological polar surface area (TPSA) is 362 Å². The highest BCUT2D eigenvalue weighted by Crippen LogP contribution is 2.54. The van der Waals surface area contributed by atoms with Crippen LogP contribution in [0.15, 0.2) is 0 Å². The van der Waals surface area contributed by atoms with E-state index in [-0.39, 0.29) is 13.2 Å². The molecule has 12 N–H and O–H groups in total. The second-order valence-electron chi connectivity index (χ2n) is 14.1. The monoisotopic (exact) mass is 772 g/mol. The molecule has 8 rings (SSSR count). The van der Waals surface area contributed by atoms with Crippen LogP contribution in [0, 0.1) is 0 Å². The number of ether oxygens (including phenoxy) is 9. The number of carbonyl (C=O) groups is 2. The molecule has 0 aromatic carbocycles. The minimum Gasteiger partial charge on any atom is -0.394 e. The third-order valence-corrected chi connectivity index (χ3v) is 11.1. The molecule has 8 fully saturated rings. The smallest absolute Gasteiger partial charge is 0.328 e. The van der Waals surface area contributed by atoms with Crippen molar-refractivity contribution in [2.24, 2.45) is 0 Å². The first-order valence-electron chi connectivity index (χ1n) is 16.7. The molecule has 0 amide bonds. The van der Waals surface area contributed by atoms with Gasteiger partial charge in [-0.05, 0) is 0 Å². The molecule has 8 aliphatic rings. The van der Waals surface area contributed by atoms with Gasteiger partial charge in [-0.2, -0.15) is 0 Å². The minimum absolute atomic E-state index is 0.0706. The molecule has 0 spiro atoms. The van der Waals surface area contributed by atoms with Crippen molar-refractivity contribution < 1.29 is 113 Å². The van der Waals surface area contributed by atoms with Crippen LogP contribution in [0.1, 0.15) is 12.8 Å². The third-order valence-electron chi connectivity index (χ3n) is 11.1. The highest BCUT2D eigenvalue weighted by molar-refractivity contribution is 5.74. The van der Waals surface area contributed by atoms with Crippen LogP contribution in [0.25, 0.3) is 0 Å². The van der Waals surface area contributed by atoms with Crippen molar-refractivity contribution in [2.45, 2.75) is 134 Å². The van der Waals surface area contributed by atoms with Crippen LogP contribution >= 0.6 is 0 Å². The van der Waals surface area contributed by atoms with Crippen molar-refractivity contribution in [1.29, 1.82) is 0 Å². The number of carbonyl (C=O) groups excluding carboxylic acids is 2. The summed E-state index contributed by atoms with van der Waals surface area (Å²) in [5.74, 6) is -5.20. The third kappa shape index (κ3) is 5.51. The first-order chi connectivity index (χ1) is 25.1. The number of hydrogen-bond donors (Lipinski definition) is 12. The van der Waals surface area contributed by atoms with Crippen LogP contribution < -0.4 is 11.0 Å². The Morgan fingerprint density at radius 1 is 0.698 bits per heavy atom. The molecule has 0 aromatic rings. The lowest BCUT2D eigenvalue weighted by atomic mass is 9.66. The summed E-state index contributed by atoms with van der Waals surface area (Å²) in [6.45, 7) is -2.27. The number of fused-ring (bicyclic) bond motifs is 7. The quantitative estimate of drug-likeness (QED) is 0.109. The van der Waals surface area contributed by atoms with Gasteiger partial charge >= 0.3 is 11.9 Å². The zero-order valence-electron chi connectivity index (χ0n) is 27.3. The van der Waals surface area contributed by atoms with Crippen LogP contribution in [0.2, 0.25) is 0 Å². The van der Waals surface area contributed by atoms with E-state index < -0.39 is 159 Å². The molecular weight excluding hydrogens is 732 g/mol. The van der Waals surface area contributed by atoms with Crippen molar-refractivity contribution in [1.82, 2.24) is 11.0 Å². The SMILES string of the molecule is O=C1C[C@]2(O)[C@@](O[C@@H]3[C@H]4OC[C@@H]3O[C@@H](O[C@@H]3[C@@H](O)[C@H](O[C@@H]5[C@H]6OC[C@@H]5O[C@@H](O)[C@H]6O)O[C@H](CO)[C@H]3O)[C@H]4O)(NO1)O[C@H](CO)[C@]1(O)CC(=O)ON[C@@]21O. The standard InChI is InChI=1S/C28H40N2O23/c31-3-7-13(35)19(15(37)23(46-7)48-17-8-5-43-20(17)14(36)22(39)45-8)49-24-16(38)21-18(9(47-24)6-44-21)51-28-26(41,2-12(34)53-30-28)27(42)25(40,10(4-32)50-28)1-11(33)52-29-27/h7-10,13-24,29-32,35-42H,1-6H2/t7-,8+,9+,10-,13-,14+,15-,16+,17+,18+,19+,20+,21+,22-,23+,24+,25-,26-,27+,28-/m1/s1. The van der Waals surface area contributed by atoms with E-state index >= 15 is 0 Å². The molecule has 8 aliphatic heterocycles. The van der Waals surface area contributed by atoms with E-state index in [4.69, 9.17) is 52.3 Å². The van der Waals surface area contributed by atoms with Gasteiger partial charge < -0.3 is 103 Å². The molecule has 8 heterocycles. The van der Waals surface area contributed by atoms with Crippen molar-refractivity contribution in [2.75, 3.05) is 26.4 Å². The Balaban J connectivity index is 1.01. The first-order valence-corrected chi connectivity index (χ1v) is 16.7. The molecule has 0 saturated carbocycles. The average Bonchev–Trinajstić information content (AvgIpc) is 3.60. The number of rotatable bonds is 8. The molecule has 53 heavy (non-hydrogen) atoms. The van der Waals surface area contributed by atoms with Gasteiger partial charge in [-0.1, -0.05) is 5.48 Å². The molecule has 25 heteroatoms. The summed E-state index contributed by atoms with van der Waals surface area (Å²) in [6.07, 6.45) is -26.2. The van der Waals surface area contributed by atoms with E-state index in [0.29, 0.717) is 0 Å². The van der Waals surface area contributed by atoms with Crippen LogP contribution in [0.3, 0.4) is 0 Å². The van der Waals surface area contributed by atoms with Gasteiger partial charge in [-0.25, -0.2) is 0 Å². The lowest BCUT2D eigenvalue weighted by Gasteiger charge is -2.65. The highest BCUT2D eigenvalue weighted by Gasteiger charge is 2.83. The Labute approximate surface area is 296 Å². The van der Waals surface area contributed by atoms with E-state index in [1.165, 1.54) is 0 Å². The highest BCUT2D eigenvalue weighted by atomic mass is 16.8. The van der Waals surface area contributed by atoms with Crippen LogP contribution in [-0.4, -0.2) is 210 Å². The Morgan fingerprint density at radius 3 is 2.02 bits per heavy atom. The molecule has 0 aliphatic carbocycles. The molecule has 8 saturated heterocycles. The Kier molecular flexibility index (Phi) is 9.57. The molecule has 0 unspecified atom stereocenters. The fourth-order valence-electron chi connectivity index (χ4n) is 8.20. The Morgan fingerprint density at radius 2 is 1.32 bits per heavy atom. The maximum atomic E-state index is 12.5. The van der Waals surface area contributed by atoms with Gasteiger partial charge in [0.2, 0.25) is 5.72 Å². The van der Waals surface area contributed by atoms with Crippen LogP contribution in [0.5, 0.6) is 0 Å². The zero-order valence-corrected chi connectivity index (χ0v) is 27.3. The van der Waals surface area contributed by atoms with E-state index in [1.54, 1.807) is 0 Å². The molecule has 20 atom stereocenters. The summed E-state index contributed by atoms with van der Waals surface area (Å²) in [7, 11) is 0. The number of aliphatic hydroxyl groups excluding tert-OH is 7. The van der Waals surface area contributed by atoms with Crippen molar-refractivity contribution in [3.8, 4) is 0 Å². The van der Waals surface area contributed by atoms with E-state index in [0.717, 1.165) is 0 Å². The minimum atomic E-state index is -3.17. The number of aliphatic hydroxyl groups is 10. The van der Waals surface area contributed by atoms with Gasteiger partial charge in [0.15, 0.2) is 30.1 Å². The van der Waals surface area contributed by atoms with E-state index in [1.807, 2.05) is 5.48 Å². The molecule has 4 bridgehead atoms. The fraction of sp³-hybridized carbons (Fsp3) is 0.929. The van der Waals surface area contributed by atoms with Gasteiger partial charge in [-0.3, -0.25) is 9.59 Å². The van der Waals surface area contributed by atoms with Crippen molar-refractivity contribution >= 4 is 11.9 Å². The summed E-state index contributed by atoms with van der Waals surface area (Å²) in [5, 5.41) is 109. The largest absolute Gasteiger partial charge is 0.394 e. The first kappa shape index (κ1) is 38.0. The normalized spacial score (nSPS) is 56.3. The summed E-state index contributed by atoms with van der Waals surface area (Å²) >= 11 is 0. The van der Waals surface area contributed by atoms with Crippen molar-refractivity contribution in [3.63, 3.8) is 0 Å².